The molecule has 0 unspecified atom stereocenters. The summed E-state index contributed by atoms with van der Waals surface area (Å²) in [6.07, 6.45) is 2.53. The van der Waals surface area contributed by atoms with E-state index in [1.54, 1.807) is 6.07 Å². The lowest BCUT2D eigenvalue weighted by molar-refractivity contribution is -0.136. The highest BCUT2D eigenvalue weighted by molar-refractivity contribution is 5.87. The maximum atomic E-state index is 11.0. The number of ether oxygens (including phenoxy) is 1. The first kappa shape index (κ1) is 11.6. The average Bonchev–Trinajstić information content (AvgIpc) is 2.28. The van der Waals surface area contributed by atoms with Crippen molar-refractivity contribution in [2.75, 3.05) is 6.61 Å². The van der Waals surface area contributed by atoms with Crippen molar-refractivity contribution in [2.45, 2.75) is 0 Å². The van der Waals surface area contributed by atoms with Crippen LogP contribution in [0.2, 0.25) is 0 Å². The number of hydrogen-bond acceptors (Lipinski definition) is 5. The molecule has 0 aliphatic carbocycles. The van der Waals surface area contributed by atoms with Gasteiger partial charge < -0.3 is 14.9 Å². The summed E-state index contributed by atoms with van der Waals surface area (Å²) in [5, 5.41) is 26.4. The second-order valence-corrected chi connectivity index (χ2v) is 2.85. The summed E-state index contributed by atoms with van der Waals surface area (Å²) in [5.74, 6) is -1.15. The van der Waals surface area contributed by atoms with E-state index in [1.807, 2.05) is 0 Å². The van der Waals surface area contributed by atoms with Crippen LogP contribution in [0.3, 0.4) is 0 Å². The molecule has 0 saturated carbocycles. The van der Waals surface area contributed by atoms with Gasteiger partial charge in [0.05, 0.1) is 0 Å². The molecular formula is C11H9NO4. The van der Waals surface area contributed by atoms with Crippen molar-refractivity contribution in [1.82, 2.24) is 0 Å². The van der Waals surface area contributed by atoms with E-state index in [-0.39, 0.29) is 18.1 Å². The summed E-state index contributed by atoms with van der Waals surface area (Å²) >= 11 is 0. The van der Waals surface area contributed by atoms with E-state index < -0.39 is 5.97 Å². The van der Waals surface area contributed by atoms with Gasteiger partial charge in [0.15, 0.2) is 18.1 Å². The molecule has 2 N–H and O–H groups in total. The van der Waals surface area contributed by atoms with Crippen LogP contribution in [0.15, 0.2) is 24.3 Å². The van der Waals surface area contributed by atoms with Crippen LogP contribution in [0.25, 0.3) is 6.08 Å². The second-order valence-electron chi connectivity index (χ2n) is 2.85. The van der Waals surface area contributed by atoms with E-state index >= 15 is 0 Å². The number of phenolic OH excluding ortho intramolecular Hbond substituents is 2. The first-order valence-corrected chi connectivity index (χ1v) is 4.37. The molecule has 1 rings (SSSR count). The summed E-state index contributed by atoms with van der Waals surface area (Å²) in [5.41, 5.74) is 0.532. The van der Waals surface area contributed by atoms with Crippen LogP contribution in [0.4, 0.5) is 0 Å². The number of nitriles is 1. The van der Waals surface area contributed by atoms with E-state index in [2.05, 4.69) is 4.74 Å². The molecule has 0 atom stereocenters. The number of esters is 1. The largest absolute Gasteiger partial charge is 0.504 e. The van der Waals surface area contributed by atoms with Gasteiger partial charge >= 0.3 is 5.97 Å². The van der Waals surface area contributed by atoms with Crippen molar-refractivity contribution in [3.05, 3.63) is 29.8 Å². The minimum Gasteiger partial charge on any atom is -0.504 e. The molecule has 82 valence electrons. The monoisotopic (exact) mass is 219 g/mol. The van der Waals surface area contributed by atoms with E-state index in [4.69, 9.17) is 15.5 Å². The van der Waals surface area contributed by atoms with Crippen molar-refractivity contribution in [3.63, 3.8) is 0 Å². The highest BCUT2D eigenvalue weighted by atomic mass is 16.5. The van der Waals surface area contributed by atoms with Gasteiger partial charge in [-0.25, -0.2) is 4.79 Å². The molecule has 16 heavy (non-hydrogen) atoms. The van der Waals surface area contributed by atoms with Crippen LogP contribution in [0.1, 0.15) is 5.56 Å². The highest BCUT2D eigenvalue weighted by Gasteiger charge is 1.99. The molecule has 0 aromatic heterocycles. The summed E-state index contributed by atoms with van der Waals surface area (Å²) in [6.45, 7) is -0.302. The molecule has 0 heterocycles. The number of carbonyl (C=O) groups is 1. The van der Waals surface area contributed by atoms with E-state index in [0.29, 0.717) is 5.56 Å². The number of nitrogens with zero attached hydrogens (tertiary/aromatic N) is 1. The van der Waals surface area contributed by atoms with Gasteiger partial charge in [-0.1, -0.05) is 6.07 Å². The normalized spacial score (nSPS) is 9.94. The summed E-state index contributed by atoms with van der Waals surface area (Å²) in [7, 11) is 0. The van der Waals surface area contributed by atoms with Crippen molar-refractivity contribution in [3.8, 4) is 17.6 Å². The number of benzene rings is 1. The van der Waals surface area contributed by atoms with Gasteiger partial charge in [0.1, 0.15) is 6.07 Å². The van der Waals surface area contributed by atoms with Gasteiger partial charge in [0, 0.05) is 6.08 Å². The maximum Gasteiger partial charge on any atom is 0.331 e. The quantitative estimate of drug-likeness (QED) is 0.452. The minimum absolute atomic E-state index is 0.232. The Hall–Kier alpha value is -2.48. The zero-order valence-corrected chi connectivity index (χ0v) is 8.25. The van der Waals surface area contributed by atoms with Crippen LogP contribution < -0.4 is 0 Å². The topological polar surface area (TPSA) is 90.5 Å². The summed E-state index contributed by atoms with van der Waals surface area (Å²) in [6, 6.07) is 5.78. The fourth-order valence-corrected chi connectivity index (χ4v) is 0.960. The Morgan fingerprint density at radius 2 is 2.19 bits per heavy atom. The Morgan fingerprint density at radius 1 is 1.44 bits per heavy atom. The third-order valence-electron chi connectivity index (χ3n) is 1.69. The van der Waals surface area contributed by atoms with Gasteiger partial charge in [-0.05, 0) is 23.8 Å². The number of aromatic hydroxyl groups is 2. The van der Waals surface area contributed by atoms with Gasteiger partial charge in [0.25, 0.3) is 0 Å². The predicted octanol–water partition coefficient (Wildman–Crippen LogP) is 1.18. The average molecular weight is 219 g/mol. The Bertz CT molecular complexity index is 460. The Labute approximate surface area is 91.8 Å². The Morgan fingerprint density at radius 3 is 2.81 bits per heavy atom. The molecule has 0 aliphatic rings. The number of phenols is 2. The lowest BCUT2D eigenvalue weighted by Crippen LogP contribution is -1.99. The molecule has 0 spiro atoms. The van der Waals surface area contributed by atoms with Gasteiger partial charge in [-0.15, -0.1) is 0 Å². The van der Waals surface area contributed by atoms with Gasteiger partial charge in [0.2, 0.25) is 0 Å². The molecule has 0 aliphatic heterocycles. The molecule has 1 aromatic rings. The first-order valence-electron chi connectivity index (χ1n) is 4.37. The molecule has 1 aromatic carbocycles. The van der Waals surface area contributed by atoms with Gasteiger partial charge in [-0.3, -0.25) is 0 Å². The fourth-order valence-electron chi connectivity index (χ4n) is 0.960. The van der Waals surface area contributed by atoms with E-state index in [0.717, 1.165) is 6.08 Å². The highest BCUT2D eigenvalue weighted by Crippen LogP contribution is 2.25. The molecule has 0 amide bonds. The van der Waals surface area contributed by atoms with Crippen LogP contribution >= 0.6 is 0 Å². The first-order chi connectivity index (χ1) is 7.63. The molecule has 0 bridgehead atoms. The number of rotatable bonds is 3. The molecule has 5 nitrogen and oxygen atoms in total. The van der Waals surface area contributed by atoms with Crippen LogP contribution in [-0.4, -0.2) is 22.8 Å². The molecule has 5 heteroatoms. The SMILES string of the molecule is N#CCOC(=O)/C=C/c1ccc(O)c(O)c1. The van der Waals surface area contributed by atoms with Gasteiger partial charge in [-0.2, -0.15) is 5.26 Å². The van der Waals surface area contributed by atoms with E-state index in [9.17, 15) is 4.79 Å². The summed E-state index contributed by atoms with van der Waals surface area (Å²) in [4.78, 5) is 11.0. The molecule has 0 radical (unpaired) electrons. The lowest BCUT2D eigenvalue weighted by atomic mass is 10.2. The van der Waals surface area contributed by atoms with Crippen molar-refractivity contribution < 1.29 is 19.7 Å². The van der Waals surface area contributed by atoms with Crippen LogP contribution in [-0.2, 0) is 9.53 Å². The third-order valence-corrected chi connectivity index (χ3v) is 1.69. The van der Waals surface area contributed by atoms with Crippen molar-refractivity contribution >= 4 is 12.0 Å². The lowest BCUT2D eigenvalue weighted by Gasteiger charge is -1.98. The minimum atomic E-state index is -0.644. The molecule has 0 saturated heterocycles. The molecule has 0 fully saturated rings. The van der Waals surface area contributed by atoms with Crippen LogP contribution in [0, 0.1) is 11.3 Å². The van der Waals surface area contributed by atoms with Crippen LogP contribution in [0.5, 0.6) is 11.5 Å². The smallest absolute Gasteiger partial charge is 0.331 e. The Balaban J connectivity index is 2.66. The standard InChI is InChI=1S/C11H9NO4/c12-5-6-16-11(15)4-2-8-1-3-9(13)10(14)7-8/h1-4,7,13-14H,6H2/b4-2+. The fraction of sp³-hybridized carbons (Fsp3) is 0.0909. The second kappa shape index (κ2) is 5.41. The molecular weight excluding hydrogens is 210 g/mol. The summed E-state index contributed by atoms with van der Waals surface area (Å²) < 4.78 is 4.47. The van der Waals surface area contributed by atoms with Crippen molar-refractivity contribution in [1.29, 1.82) is 5.26 Å². The zero-order valence-electron chi connectivity index (χ0n) is 8.25. The number of carbonyl (C=O) groups excluding carboxylic acids is 1. The maximum absolute atomic E-state index is 11.0. The predicted molar refractivity (Wildman–Crippen MR) is 55.4 cm³/mol. The van der Waals surface area contributed by atoms with E-state index in [1.165, 1.54) is 24.3 Å². The zero-order chi connectivity index (χ0) is 12.0. The number of hydrogen-bond donors (Lipinski definition) is 2. The Kier molecular flexibility index (Phi) is 3.92. The van der Waals surface area contributed by atoms with Crippen molar-refractivity contribution in [2.24, 2.45) is 0 Å². The third kappa shape index (κ3) is 3.35.